The fourth-order valence-corrected chi connectivity index (χ4v) is 1.54. The van der Waals surface area contributed by atoms with Gasteiger partial charge in [0.15, 0.2) is 0 Å². The van der Waals surface area contributed by atoms with E-state index >= 15 is 0 Å². The average Bonchev–Trinajstić information content (AvgIpc) is 2.26. The van der Waals surface area contributed by atoms with Crippen molar-refractivity contribution in [2.24, 2.45) is 0 Å². The van der Waals surface area contributed by atoms with Crippen molar-refractivity contribution in [1.82, 2.24) is 4.90 Å². The lowest BCUT2D eigenvalue weighted by molar-refractivity contribution is 0.141. The van der Waals surface area contributed by atoms with Gasteiger partial charge in [0, 0.05) is 12.6 Å². The molecular weight excluding hydrogens is 198 g/mol. The normalized spacial score (nSPS) is 13.4. The maximum Gasteiger partial charge on any atom is 0.0802 e. The van der Waals surface area contributed by atoms with E-state index in [1.54, 1.807) is 0 Å². The van der Waals surface area contributed by atoms with E-state index < -0.39 is 0 Å². The lowest BCUT2D eigenvalue weighted by Gasteiger charge is -2.22. The van der Waals surface area contributed by atoms with Gasteiger partial charge in [-0.2, -0.15) is 0 Å². The Labute approximate surface area is 98.9 Å². The molecule has 0 saturated carbocycles. The first-order chi connectivity index (χ1) is 7.50. The Morgan fingerprint density at radius 2 is 1.75 bits per heavy atom. The first-order valence-electron chi connectivity index (χ1n) is 5.95. The Hall–Kier alpha value is -0.860. The van der Waals surface area contributed by atoms with E-state index in [2.05, 4.69) is 32.7 Å². The van der Waals surface area contributed by atoms with Gasteiger partial charge >= 0.3 is 0 Å². The van der Waals surface area contributed by atoms with Crippen molar-refractivity contribution in [3.8, 4) is 0 Å². The van der Waals surface area contributed by atoms with Crippen LogP contribution in [0.25, 0.3) is 0 Å². The second kappa shape index (κ2) is 6.02. The van der Waals surface area contributed by atoms with Gasteiger partial charge in [0.1, 0.15) is 0 Å². The molecule has 1 unspecified atom stereocenters. The van der Waals surface area contributed by atoms with Gasteiger partial charge in [0.25, 0.3) is 0 Å². The van der Waals surface area contributed by atoms with Crippen LogP contribution in [0.15, 0.2) is 24.3 Å². The van der Waals surface area contributed by atoms with Gasteiger partial charge < -0.3 is 10.0 Å². The van der Waals surface area contributed by atoms with Gasteiger partial charge in [-0.15, -0.1) is 0 Å². The summed E-state index contributed by atoms with van der Waals surface area (Å²) >= 11 is 0. The average molecular weight is 221 g/mol. The minimum absolute atomic E-state index is 0.346. The van der Waals surface area contributed by atoms with Crippen molar-refractivity contribution < 1.29 is 5.11 Å². The molecule has 0 aliphatic heterocycles. The monoisotopic (exact) mass is 221 g/mol. The molecule has 1 atom stereocenters. The highest BCUT2D eigenvalue weighted by Gasteiger charge is 2.09. The van der Waals surface area contributed by atoms with Crippen LogP contribution in [0.1, 0.15) is 37.5 Å². The van der Waals surface area contributed by atoms with Crippen molar-refractivity contribution in [2.75, 3.05) is 13.6 Å². The lowest BCUT2D eigenvalue weighted by atomic mass is 10.0. The van der Waals surface area contributed by atoms with E-state index in [-0.39, 0.29) is 6.10 Å². The summed E-state index contributed by atoms with van der Waals surface area (Å²) in [5, 5.41) is 10.0. The van der Waals surface area contributed by atoms with Crippen LogP contribution < -0.4 is 0 Å². The van der Waals surface area contributed by atoms with E-state index in [4.69, 9.17) is 0 Å². The number of nitrogens with zero attached hydrogens (tertiary/aromatic N) is 1. The Bertz CT molecular complexity index is 305. The standard InChI is InChI=1S/C14H23NO/c1-11(2)15(4)10-9-14(16)13-7-5-12(3)6-8-13/h5-8,11,14,16H,9-10H2,1-4H3. The minimum atomic E-state index is -0.346. The molecule has 1 rings (SSSR count). The highest BCUT2D eigenvalue weighted by Crippen LogP contribution is 2.17. The molecule has 90 valence electrons. The molecular formula is C14H23NO. The second-order valence-corrected chi connectivity index (χ2v) is 4.79. The van der Waals surface area contributed by atoms with Crippen LogP contribution in [-0.2, 0) is 0 Å². The molecule has 2 heteroatoms. The summed E-state index contributed by atoms with van der Waals surface area (Å²) < 4.78 is 0. The van der Waals surface area contributed by atoms with Crippen molar-refractivity contribution >= 4 is 0 Å². The van der Waals surface area contributed by atoms with Gasteiger partial charge in [0.05, 0.1) is 6.10 Å². The molecule has 1 aromatic carbocycles. The summed E-state index contributed by atoms with van der Waals surface area (Å²) in [6.07, 6.45) is 0.444. The van der Waals surface area contributed by atoms with E-state index in [0.717, 1.165) is 18.5 Å². The summed E-state index contributed by atoms with van der Waals surface area (Å²) in [4.78, 5) is 2.25. The highest BCUT2D eigenvalue weighted by atomic mass is 16.3. The Kier molecular flexibility index (Phi) is 4.97. The molecule has 0 saturated heterocycles. The van der Waals surface area contributed by atoms with Crippen molar-refractivity contribution in [3.05, 3.63) is 35.4 Å². The van der Waals surface area contributed by atoms with E-state index in [1.807, 2.05) is 24.3 Å². The zero-order valence-corrected chi connectivity index (χ0v) is 10.8. The van der Waals surface area contributed by atoms with Gasteiger partial charge in [-0.3, -0.25) is 0 Å². The molecule has 1 N–H and O–H groups in total. The van der Waals surface area contributed by atoms with Gasteiger partial charge in [-0.1, -0.05) is 29.8 Å². The maximum absolute atomic E-state index is 10.0. The summed E-state index contributed by atoms with van der Waals surface area (Å²) in [6, 6.07) is 8.64. The third kappa shape index (κ3) is 3.95. The van der Waals surface area contributed by atoms with E-state index in [1.165, 1.54) is 5.56 Å². The first-order valence-corrected chi connectivity index (χ1v) is 5.95. The largest absolute Gasteiger partial charge is 0.388 e. The smallest absolute Gasteiger partial charge is 0.0802 e. The summed E-state index contributed by atoms with van der Waals surface area (Å²) in [6.45, 7) is 7.31. The molecule has 0 aliphatic carbocycles. The molecule has 0 aromatic heterocycles. The predicted molar refractivity (Wildman–Crippen MR) is 68.5 cm³/mol. The van der Waals surface area contributed by atoms with Gasteiger partial charge in [-0.25, -0.2) is 0 Å². The van der Waals surface area contributed by atoms with Crippen molar-refractivity contribution in [2.45, 2.75) is 39.3 Å². The molecule has 0 aliphatic rings. The molecule has 1 aromatic rings. The van der Waals surface area contributed by atoms with Crippen LogP contribution in [-0.4, -0.2) is 29.6 Å². The summed E-state index contributed by atoms with van der Waals surface area (Å²) in [5.74, 6) is 0. The Morgan fingerprint density at radius 1 is 1.19 bits per heavy atom. The van der Waals surface area contributed by atoms with Crippen LogP contribution in [0.3, 0.4) is 0 Å². The summed E-state index contributed by atoms with van der Waals surface area (Å²) in [5.41, 5.74) is 2.25. The zero-order valence-electron chi connectivity index (χ0n) is 10.8. The molecule has 0 amide bonds. The minimum Gasteiger partial charge on any atom is -0.388 e. The van der Waals surface area contributed by atoms with E-state index in [9.17, 15) is 5.11 Å². The molecule has 0 bridgehead atoms. The van der Waals surface area contributed by atoms with Crippen LogP contribution in [0.2, 0.25) is 0 Å². The second-order valence-electron chi connectivity index (χ2n) is 4.79. The molecule has 0 spiro atoms. The fourth-order valence-electron chi connectivity index (χ4n) is 1.54. The van der Waals surface area contributed by atoms with Crippen LogP contribution >= 0.6 is 0 Å². The predicted octanol–water partition coefficient (Wildman–Crippen LogP) is 2.76. The third-order valence-corrected chi connectivity index (χ3v) is 3.10. The quantitative estimate of drug-likeness (QED) is 0.826. The summed E-state index contributed by atoms with van der Waals surface area (Å²) in [7, 11) is 2.09. The molecule has 16 heavy (non-hydrogen) atoms. The molecule has 0 radical (unpaired) electrons. The SMILES string of the molecule is Cc1ccc(C(O)CCN(C)C(C)C)cc1. The topological polar surface area (TPSA) is 23.5 Å². The van der Waals surface area contributed by atoms with E-state index in [0.29, 0.717) is 6.04 Å². The maximum atomic E-state index is 10.0. The van der Waals surface area contributed by atoms with Crippen molar-refractivity contribution in [3.63, 3.8) is 0 Å². The van der Waals surface area contributed by atoms with Gasteiger partial charge in [-0.05, 0) is 39.8 Å². The molecule has 0 fully saturated rings. The number of aliphatic hydroxyl groups excluding tert-OH is 1. The molecule has 2 nitrogen and oxygen atoms in total. The number of benzene rings is 1. The van der Waals surface area contributed by atoms with Gasteiger partial charge in [0.2, 0.25) is 0 Å². The van der Waals surface area contributed by atoms with Crippen LogP contribution in [0.5, 0.6) is 0 Å². The lowest BCUT2D eigenvalue weighted by Crippen LogP contribution is -2.28. The fraction of sp³-hybridized carbons (Fsp3) is 0.571. The number of hydrogen-bond donors (Lipinski definition) is 1. The Morgan fingerprint density at radius 3 is 2.25 bits per heavy atom. The molecule has 0 heterocycles. The van der Waals surface area contributed by atoms with Crippen LogP contribution in [0.4, 0.5) is 0 Å². The van der Waals surface area contributed by atoms with Crippen LogP contribution in [0, 0.1) is 6.92 Å². The highest BCUT2D eigenvalue weighted by molar-refractivity contribution is 5.22. The number of rotatable bonds is 5. The number of hydrogen-bond acceptors (Lipinski definition) is 2. The van der Waals surface area contributed by atoms with Crippen molar-refractivity contribution in [1.29, 1.82) is 0 Å². The number of aliphatic hydroxyl groups is 1. The zero-order chi connectivity index (χ0) is 12.1. The Balaban J connectivity index is 2.46. The first kappa shape index (κ1) is 13.2. The third-order valence-electron chi connectivity index (χ3n) is 3.10. The number of aryl methyl sites for hydroxylation is 1.